The number of rotatable bonds is 5. The van der Waals surface area contributed by atoms with E-state index in [2.05, 4.69) is 4.90 Å². The van der Waals surface area contributed by atoms with Crippen LogP contribution in [0, 0.1) is 0 Å². The highest BCUT2D eigenvalue weighted by atomic mass is 32.2. The fourth-order valence-electron chi connectivity index (χ4n) is 2.13. The van der Waals surface area contributed by atoms with E-state index in [9.17, 15) is 5.11 Å². The zero-order chi connectivity index (χ0) is 13.5. The van der Waals surface area contributed by atoms with Crippen LogP contribution >= 0.6 is 11.8 Å². The number of hydrogen-bond donors (Lipinski definition) is 2. The first-order chi connectivity index (χ1) is 9.25. The lowest BCUT2D eigenvalue weighted by Gasteiger charge is -2.23. The van der Waals surface area contributed by atoms with Crippen LogP contribution in [0.2, 0.25) is 0 Å². The van der Waals surface area contributed by atoms with Crippen molar-refractivity contribution >= 4 is 17.4 Å². The fraction of sp³-hybridized carbons (Fsp3) is 0.571. The lowest BCUT2D eigenvalue weighted by Crippen LogP contribution is -2.37. The molecule has 1 aromatic rings. The van der Waals surface area contributed by atoms with Crippen molar-refractivity contribution < 1.29 is 9.84 Å². The number of nitrogen functional groups attached to an aromatic ring is 1. The lowest BCUT2D eigenvalue weighted by atomic mass is 10.3. The Morgan fingerprint density at radius 3 is 3.00 bits per heavy atom. The van der Waals surface area contributed by atoms with Crippen LogP contribution in [-0.2, 0) is 0 Å². The number of thioether (sulfide) groups is 1. The second-order valence-corrected chi connectivity index (χ2v) is 5.99. The minimum atomic E-state index is -0.470. The van der Waals surface area contributed by atoms with Gasteiger partial charge in [-0.25, -0.2) is 0 Å². The van der Waals surface area contributed by atoms with E-state index < -0.39 is 6.10 Å². The molecule has 1 fully saturated rings. The van der Waals surface area contributed by atoms with Crippen LogP contribution in [0.1, 0.15) is 6.42 Å². The van der Waals surface area contributed by atoms with Gasteiger partial charge in [-0.2, -0.15) is 11.8 Å². The lowest BCUT2D eigenvalue weighted by molar-refractivity contribution is 0.0711. The number of hydrogen-bond acceptors (Lipinski definition) is 5. The number of nitrogens with two attached hydrogens (primary N) is 1. The van der Waals surface area contributed by atoms with Crippen molar-refractivity contribution in [3.8, 4) is 5.75 Å². The third-order valence-electron chi connectivity index (χ3n) is 3.13. The Morgan fingerprint density at radius 2 is 2.16 bits per heavy atom. The average molecular weight is 282 g/mol. The largest absolute Gasteiger partial charge is 0.489 e. The molecule has 106 valence electrons. The molecule has 1 unspecified atom stereocenters. The summed E-state index contributed by atoms with van der Waals surface area (Å²) in [6.07, 6.45) is 0.729. The summed E-state index contributed by atoms with van der Waals surface area (Å²) in [5.74, 6) is 3.02. The maximum Gasteiger partial charge on any atom is 0.142 e. The Balaban J connectivity index is 1.74. The maximum absolute atomic E-state index is 10.0. The summed E-state index contributed by atoms with van der Waals surface area (Å²) < 4.78 is 5.56. The minimum Gasteiger partial charge on any atom is -0.489 e. The van der Waals surface area contributed by atoms with Crippen LogP contribution in [0.5, 0.6) is 5.75 Å². The smallest absolute Gasteiger partial charge is 0.142 e. The van der Waals surface area contributed by atoms with Gasteiger partial charge in [-0.1, -0.05) is 12.1 Å². The minimum absolute atomic E-state index is 0.290. The van der Waals surface area contributed by atoms with E-state index in [-0.39, 0.29) is 6.61 Å². The molecular formula is C14H22N2O2S. The third-order valence-corrected chi connectivity index (χ3v) is 4.18. The van der Waals surface area contributed by atoms with Crippen molar-refractivity contribution in [2.45, 2.75) is 12.5 Å². The molecule has 1 aliphatic rings. The molecule has 0 aromatic heterocycles. The highest BCUT2D eigenvalue weighted by Gasteiger charge is 2.14. The van der Waals surface area contributed by atoms with Crippen molar-refractivity contribution in [3.05, 3.63) is 24.3 Å². The van der Waals surface area contributed by atoms with Gasteiger partial charge in [0.25, 0.3) is 0 Å². The van der Waals surface area contributed by atoms with Crippen LogP contribution in [0.4, 0.5) is 5.69 Å². The predicted molar refractivity (Wildman–Crippen MR) is 80.7 cm³/mol. The Hall–Kier alpha value is -0.910. The van der Waals surface area contributed by atoms with Crippen LogP contribution in [0.15, 0.2) is 24.3 Å². The van der Waals surface area contributed by atoms with Gasteiger partial charge in [0.05, 0.1) is 5.69 Å². The topological polar surface area (TPSA) is 58.7 Å². The van der Waals surface area contributed by atoms with Gasteiger partial charge in [0.15, 0.2) is 0 Å². The summed E-state index contributed by atoms with van der Waals surface area (Å²) in [4.78, 5) is 2.31. The van der Waals surface area contributed by atoms with E-state index in [1.807, 2.05) is 30.0 Å². The van der Waals surface area contributed by atoms with E-state index in [1.54, 1.807) is 6.07 Å². The predicted octanol–water partition coefficient (Wildman–Crippen LogP) is 1.45. The van der Waals surface area contributed by atoms with E-state index in [4.69, 9.17) is 10.5 Å². The summed E-state index contributed by atoms with van der Waals surface area (Å²) in [5.41, 5.74) is 6.40. The number of benzene rings is 1. The first-order valence-corrected chi connectivity index (χ1v) is 7.86. The van der Waals surface area contributed by atoms with Crippen LogP contribution in [0.25, 0.3) is 0 Å². The molecule has 1 atom stereocenters. The molecule has 0 radical (unpaired) electrons. The van der Waals surface area contributed by atoms with Gasteiger partial charge in [0.2, 0.25) is 0 Å². The van der Waals surface area contributed by atoms with Crippen LogP contribution < -0.4 is 10.5 Å². The average Bonchev–Trinajstić information content (AvgIpc) is 2.66. The number of aliphatic hydroxyl groups excluding tert-OH is 1. The Labute approximate surface area is 118 Å². The molecule has 0 saturated carbocycles. The normalized spacial score (nSPS) is 18.8. The first kappa shape index (κ1) is 14.5. The molecule has 3 N–H and O–H groups in total. The monoisotopic (exact) mass is 282 g/mol. The molecule has 1 saturated heterocycles. The second-order valence-electron chi connectivity index (χ2n) is 4.77. The number of para-hydroxylation sites is 2. The Kier molecular flexibility index (Phi) is 5.82. The molecule has 1 heterocycles. The zero-order valence-corrected chi connectivity index (χ0v) is 11.9. The third kappa shape index (κ3) is 4.93. The summed E-state index contributed by atoms with van der Waals surface area (Å²) in [7, 11) is 0. The van der Waals surface area contributed by atoms with Crippen LogP contribution in [0.3, 0.4) is 0 Å². The van der Waals surface area contributed by atoms with E-state index in [1.165, 1.54) is 12.2 Å². The Bertz CT molecular complexity index is 381. The Morgan fingerprint density at radius 1 is 1.32 bits per heavy atom. The van der Waals surface area contributed by atoms with Gasteiger partial charge in [-0.05, 0) is 30.9 Å². The SMILES string of the molecule is Nc1ccccc1OCC(O)CN1CCCSCC1. The van der Waals surface area contributed by atoms with Gasteiger partial charge in [-0.15, -0.1) is 0 Å². The van der Waals surface area contributed by atoms with Gasteiger partial charge >= 0.3 is 0 Å². The van der Waals surface area contributed by atoms with Gasteiger partial charge in [0, 0.05) is 18.8 Å². The summed E-state index contributed by atoms with van der Waals surface area (Å²) in [6.45, 7) is 3.08. The van der Waals surface area contributed by atoms with Gasteiger partial charge in [-0.3, -0.25) is 4.90 Å². The van der Waals surface area contributed by atoms with E-state index >= 15 is 0 Å². The standard InChI is InChI=1S/C14H22N2O2S/c15-13-4-1-2-5-14(13)18-11-12(17)10-16-6-3-8-19-9-7-16/h1-2,4-5,12,17H,3,6-11,15H2. The number of anilines is 1. The quantitative estimate of drug-likeness (QED) is 0.801. The molecule has 4 nitrogen and oxygen atoms in total. The highest BCUT2D eigenvalue weighted by molar-refractivity contribution is 7.99. The molecular weight excluding hydrogens is 260 g/mol. The fourth-order valence-corrected chi connectivity index (χ4v) is 3.05. The number of ether oxygens (including phenoxy) is 1. The van der Waals surface area contributed by atoms with Gasteiger partial charge < -0.3 is 15.6 Å². The van der Waals surface area contributed by atoms with E-state index in [0.717, 1.165) is 18.8 Å². The number of nitrogens with zero attached hydrogens (tertiary/aromatic N) is 1. The molecule has 0 bridgehead atoms. The zero-order valence-electron chi connectivity index (χ0n) is 11.1. The summed E-state index contributed by atoms with van der Waals surface area (Å²) >= 11 is 1.99. The van der Waals surface area contributed by atoms with Crippen molar-refractivity contribution in [2.24, 2.45) is 0 Å². The first-order valence-electron chi connectivity index (χ1n) is 6.71. The number of aliphatic hydroxyl groups is 1. The molecule has 5 heteroatoms. The molecule has 1 aliphatic heterocycles. The second kappa shape index (κ2) is 7.62. The molecule has 0 aliphatic carbocycles. The molecule has 19 heavy (non-hydrogen) atoms. The van der Waals surface area contributed by atoms with Crippen molar-refractivity contribution in [3.63, 3.8) is 0 Å². The molecule has 0 spiro atoms. The van der Waals surface area contributed by atoms with Crippen molar-refractivity contribution in [2.75, 3.05) is 43.5 Å². The maximum atomic E-state index is 10.0. The summed E-state index contributed by atoms with van der Waals surface area (Å²) in [6, 6.07) is 7.37. The molecule has 1 aromatic carbocycles. The van der Waals surface area contributed by atoms with E-state index in [0.29, 0.717) is 18.0 Å². The number of β-amino-alcohol motifs (C(OH)–C–C–N with tert-alkyl or cyclic N) is 1. The van der Waals surface area contributed by atoms with Crippen LogP contribution in [-0.4, -0.2) is 53.9 Å². The van der Waals surface area contributed by atoms with Crippen molar-refractivity contribution in [1.82, 2.24) is 4.90 Å². The van der Waals surface area contributed by atoms with Gasteiger partial charge in [0.1, 0.15) is 18.5 Å². The van der Waals surface area contributed by atoms with Crippen molar-refractivity contribution in [1.29, 1.82) is 0 Å². The molecule has 2 rings (SSSR count). The highest BCUT2D eigenvalue weighted by Crippen LogP contribution is 2.20. The molecule has 0 amide bonds. The summed E-state index contributed by atoms with van der Waals surface area (Å²) in [5, 5.41) is 10.0.